The summed E-state index contributed by atoms with van der Waals surface area (Å²) in [4.78, 5) is 4.44. The van der Waals surface area contributed by atoms with Gasteiger partial charge < -0.3 is 10.5 Å². The van der Waals surface area contributed by atoms with Crippen molar-refractivity contribution in [1.82, 2.24) is 4.98 Å². The monoisotopic (exact) mass is 377 g/mol. The molecule has 0 fully saturated rings. The third kappa shape index (κ3) is 3.67. The van der Waals surface area contributed by atoms with E-state index in [-0.39, 0.29) is 5.82 Å². The molecular weight excluding hydrogens is 358 g/mol. The number of methoxy groups -OCH3 is 1. The van der Waals surface area contributed by atoms with Gasteiger partial charge in [-0.1, -0.05) is 66.7 Å². The third-order valence-electron chi connectivity index (χ3n) is 4.83. The number of anilines is 1. The molecule has 0 aliphatic carbocycles. The van der Waals surface area contributed by atoms with E-state index in [1.807, 2.05) is 72.8 Å². The van der Waals surface area contributed by atoms with Crippen LogP contribution in [0.25, 0.3) is 33.5 Å². The molecule has 0 saturated heterocycles. The Morgan fingerprint density at radius 2 is 1.45 bits per heavy atom. The van der Waals surface area contributed by atoms with Crippen molar-refractivity contribution in [2.75, 3.05) is 12.8 Å². The Bertz CT molecular complexity index is 1190. The van der Waals surface area contributed by atoms with Crippen molar-refractivity contribution in [1.29, 1.82) is 5.26 Å². The first kappa shape index (κ1) is 18.3. The van der Waals surface area contributed by atoms with Crippen LogP contribution in [0.5, 0.6) is 5.75 Å². The highest BCUT2D eigenvalue weighted by atomic mass is 16.5. The third-order valence-corrected chi connectivity index (χ3v) is 4.83. The molecule has 3 aromatic carbocycles. The fourth-order valence-corrected chi connectivity index (χ4v) is 3.31. The van der Waals surface area contributed by atoms with Gasteiger partial charge in [-0.25, -0.2) is 4.98 Å². The Morgan fingerprint density at radius 3 is 2.14 bits per heavy atom. The van der Waals surface area contributed by atoms with Crippen LogP contribution in [0.3, 0.4) is 0 Å². The number of nitrogen functional groups attached to an aromatic ring is 1. The zero-order chi connectivity index (χ0) is 20.2. The minimum Gasteiger partial charge on any atom is -0.497 e. The first-order valence-electron chi connectivity index (χ1n) is 9.20. The van der Waals surface area contributed by atoms with Gasteiger partial charge in [0.1, 0.15) is 23.2 Å². The van der Waals surface area contributed by atoms with Gasteiger partial charge in [0.15, 0.2) is 0 Å². The van der Waals surface area contributed by atoms with E-state index in [4.69, 9.17) is 10.5 Å². The number of hydrogen-bond acceptors (Lipinski definition) is 4. The molecule has 140 valence electrons. The van der Waals surface area contributed by atoms with Crippen LogP contribution in [0.2, 0.25) is 0 Å². The maximum absolute atomic E-state index is 9.65. The van der Waals surface area contributed by atoms with Gasteiger partial charge >= 0.3 is 0 Å². The van der Waals surface area contributed by atoms with Crippen molar-refractivity contribution in [3.8, 4) is 45.3 Å². The van der Waals surface area contributed by atoms with E-state index in [2.05, 4.69) is 23.2 Å². The number of pyridine rings is 1. The molecule has 4 nitrogen and oxygen atoms in total. The maximum Gasteiger partial charge on any atom is 0.142 e. The number of rotatable bonds is 4. The number of nitrogens with zero attached hydrogens (tertiary/aromatic N) is 2. The summed E-state index contributed by atoms with van der Waals surface area (Å²) < 4.78 is 5.31. The molecule has 0 atom stereocenters. The summed E-state index contributed by atoms with van der Waals surface area (Å²) in [5.41, 5.74) is 12.0. The number of hydrogen-bond donors (Lipinski definition) is 1. The fourth-order valence-electron chi connectivity index (χ4n) is 3.31. The van der Waals surface area contributed by atoms with Crippen molar-refractivity contribution in [3.05, 3.63) is 90.5 Å². The quantitative estimate of drug-likeness (QED) is 0.506. The normalized spacial score (nSPS) is 10.3. The largest absolute Gasteiger partial charge is 0.497 e. The van der Waals surface area contributed by atoms with Crippen LogP contribution in [0.1, 0.15) is 5.56 Å². The van der Waals surface area contributed by atoms with Gasteiger partial charge in [0.25, 0.3) is 0 Å². The Labute approximate surface area is 169 Å². The van der Waals surface area contributed by atoms with Crippen molar-refractivity contribution in [2.24, 2.45) is 0 Å². The molecule has 1 heterocycles. The Hall–Kier alpha value is -4.10. The minimum atomic E-state index is 0.218. The lowest BCUT2D eigenvalue weighted by Gasteiger charge is -2.11. The molecule has 0 amide bonds. The number of ether oxygens (including phenoxy) is 1. The second-order valence-corrected chi connectivity index (χ2v) is 6.60. The van der Waals surface area contributed by atoms with Crippen LogP contribution in [0, 0.1) is 11.3 Å². The molecule has 1 aromatic heterocycles. The molecule has 29 heavy (non-hydrogen) atoms. The predicted octanol–water partition coefficient (Wildman–Crippen LogP) is 5.55. The summed E-state index contributed by atoms with van der Waals surface area (Å²) in [5, 5.41) is 9.65. The highest BCUT2D eigenvalue weighted by Gasteiger charge is 2.14. The average Bonchev–Trinajstić information content (AvgIpc) is 2.79. The van der Waals surface area contributed by atoms with E-state index >= 15 is 0 Å². The van der Waals surface area contributed by atoms with Gasteiger partial charge in [0, 0.05) is 11.1 Å². The summed E-state index contributed by atoms with van der Waals surface area (Å²) in [6, 6.07) is 30.0. The zero-order valence-electron chi connectivity index (χ0n) is 16.0. The molecular formula is C25H19N3O. The van der Waals surface area contributed by atoms with Crippen molar-refractivity contribution >= 4 is 5.82 Å². The van der Waals surface area contributed by atoms with Gasteiger partial charge in [-0.3, -0.25) is 0 Å². The van der Waals surface area contributed by atoms with Crippen LogP contribution < -0.4 is 10.5 Å². The first-order valence-corrected chi connectivity index (χ1v) is 9.20. The van der Waals surface area contributed by atoms with E-state index in [1.165, 1.54) is 0 Å². The van der Waals surface area contributed by atoms with Crippen LogP contribution in [-0.4, -0.2) is 12.1 Å². The van der Waals surface area contributed by atoms with Gasteiger partial charge in [0.2, 0.25) is 0 Å². The molecule has 0 bridgehead atoms. The summed E-state index contributed by atoms with van der Waals surface area (Å²) in [6.45, 7) is 0. The summed E-state index contributed by atoms with van der Waals surface area (Å²) >= 11 is 0. The molecule has 0 unspecified atom stereocenters. The minimum absolute atomic E-state index is 0.218. The van der Waals surface area contributed by atoms with Crippen LogP contribution in [0.15, 0.2) is 84.9 Å². The molecule has 0 aliphatic heterocycles. The highest BCUT2D eigenvalue weighted by Crippen LogP contribution is 2.33. The lowest BCUT2D eigenvalue weighted by Crippen LogP contribution is -2.00. The molecule has 4 rings (SSSR count). The Morgan fingerprint density at radius 1 is 0.793 bits per heavy atom. The topological polar surface area (TPSA) is 71.9 Å². The lowest BCUT2D eigenvalue weighted by atomic mass is 9.96. The fraction of sp³-hybridized carbons (Fsp3) is 0.0400. The van der Waals surface area contributed by atoms with Gasteiger partial charge in [-0.05, 0) is 34.9 Å². The second kappa shape index (κ2) is 7.87. The average molecular weight is 377 g/mol. The van der Waals surface area contributed by atoms with E-state index < -0.39 is 0 Å². The standard InChI is InChI=1S/C25H19N3O/c1-29-21-9-5-8-20(14-21)24-15-22(23(16-26)25(27)28-24)19-12-10-18(11-13-19)17-6-3-2-4-7-17/h2-15H,1H3,(H2,27,28). The smallest absolute Gasteiger partial charge is 0.142 e. The predicted molar refractivity (Wildman–Crippen MR) is 116 cm³/mol. The number of aromatic nitrogens is 1. The van der Waals surface area contributed by atoms with Crippen molar-refractivity contribution in [2.45, 2.75) is 0 Å². The maximum atomic E-state index is 9.65. The van der Waals surface area contributed by atoms with Gasteiger partial charge in [0.05, 0.1) is 12.8 Å². The highest BCUT2D eigenvalue weighted by molar-refractivity contribution is 5.81. The Kier molecular flexibility index (Phi) is 4.96. The summed E-state index contributed by atoms with van der Waals surface area (Å²) in [5.74, 6) is 0.955. The van der Waals surface area contributed by atoms with Gasteiger partial charge in [-0.15, -0.1) is 0 Å². The number of benzene rings is 3. The molecule has 4 heteroatoms. The van der Waals surface area contributed by atoms with E-state index in [0.29, 0.717) is 11.3 Å². The zero-order valence-corrected chi connectivity index (χ0v) is 16.0. The van der Waals surface area contributed by atoms with E-state index in [1.54, 1.807) is 7.11 Å². The number of nitriles is 1. The van der Waals surface area contributed by atoms with Gasteiger partial charge in [-0.2, -0.15) is 5.26 Å². The first-order chi connectivity index (χ1) is 14.2. The number of nitrogens with two attached hydrogens (primary N) is 1. The second-order valence-electron chi connectivity index (χ2n) is 6.60. The summed E-state index contributed by atoms with van der Waals surface area (Å²) in [6.07, 6.45) is 0. The summed E-state index contributed by atoms with van der Waals surface area (Å²) in [7, 11) is 1.62. The molecule has 0 radical (unpaired) electrons. The molecule has 2 N–H and O–H groups in total. The van der Waals surface area contributed by atoms with Crippen molar-refractivity contribution < 1.29 is 4.74 Å². The SMILES string of the molecule is COc1cccc(-c2cc(-c3ccc(-c4ccccc4)cc3)c(C#N)c(N)n2)c1. The molecule has 0 saturated carbocycles. The van der Waals surface area contributed by atoms with Crippen LogP contribution in [0.4, 0.5) is 5.82 Å². The van der Waals surface area contributed by atoms with Crippen LogP contribution >= 0.6 is 0 Å². The molecule has 0 spiro atoms. The van der Waals surface area contributed by atoms with E-state index in [0.717, 1.165) is 33.6 Å². The molecule has 0 aliphatic rings. The molecule has 4 aromatic rings. The van der Waals surface area contributed by atoms with Crippen molar-refractivity contribution in [3.63, 3.8) is 0 Å². The Balaban J connectivity index is 1.80. The lowest BCUT2D eigenvalue weighted by molar-refractivity contribution is 0.415. The van der Waals surface area contributed by atoms with E-state index in [9.17, 15) is 5.26 Å². The van der Waals surface area contributed by atoms with Crippen LogP contribution in [-0.2, 0) is 0 Å².